The molecule has 2 aliphatic heterocycles. The molecule has 0 bridgehead atoms. The number of benzene rings is 1. The molecule has 0 aliphatic carbocycles. The molecule has 3 rings (SSSR count). The predicted octanol–water partition coefficient (Wildman–Crippen LogP) is 2.69. The van der Waals surface area contributed by atoms with E-state index in [1.54, 1.807) is 0 Å². The summed E-state index contributed by atoms with van der Waals surface area (Å²) in [4.78, 5) is 9.55. The monoisotopic (exact) mass is 394 g/mol. The van der Waals surface area contributed by atoms with Gasteiger partial charge in [0.2, 0.25) is 0 Å². The molecule has 1 aromatic rings. The average Bonchev–Trinajstić information content (AvgIpc) is 3.14. The normalized spacial score (nSPS) is 22.5. The van der Waals surface area contributed by atoms with Crippen molar-refractivity contribution in [3.8, 4) is 0 Å². The Morgan fingerprint density at radius 3 is 2.79 bits per heavy atom. The molecule has 156 valence electrons. The van der Waals surface area contributed by atoms with E-state index in [-0.39, 0.29) is 5.92 Å². The molecular formula is C21H32F2N4O. The number of guanidine groups is 1. The molecule has 5 nitrogen and oxygen atoms in total. The van der Waals surface area contributed by atoms with Crippen molar-refractivity contribution in [2.24, 2.45) is 10.9 Å². The van der Waals surface area contributed by atoms with Gasteiger partial charge >= 0.3 is 0 Å². The summed E-state index contributed by atoms with van der Waals surface area (Å²) in [6.07, 6.45) is 1.16. The van der Waals surface area contributed by atoms with E-state index < -0.39 is 11.6 Å². The van der Waals surface area contributed by atoms with Crippen molar-refractivity contribution in [1.82, 2.24) is 15.1 Å². The van der Waals surface area contributed by atoms with Gasteiger partial charge in [0.25, 0.3) is 0 Å². The highest BCUT2D eigenvalue weighted by Gasteiger charge is 2.27. The summed E-state index contributed by atoms with van der Waals surface area (Å²) in [5.41, 5.74) is 0.507. The van der Waals surface area contributed by atoms with Crippen molar-refractivity contribution >= 4 is 5.96 Å². The van der Waals surface area contributed by atoms with Crippen LogP contribution in [0.5, 0.6) is 0 Å². The summed E-state index contributed by atoms with van der Waals surface area (Å²) in [6.45, 7) is 12.0. The number of morpholine rings is 1. The second kappa shape index (κ2) is 10.2. The standard InChI is InChI=1S/C21H32F2N4O/c1-3-24-21(25-13-16(2)19-5-4-18(22)12-20(19)23)27-7-6-17(15-27)14-26-8-10-28-11-9-26/h4-5,12,16-17H,3,6-11,13-15H2,1-2H3,(H,24,25). The zero-order valence-electron chi connectivity index (χ0n) is 17.0. The summed E-state index contributed by atoms with van der Waals surface area (Å²) >= 11 is 0. The number of halogens is 2. The summed E-state index contributed by atoms with van der Waals surface area (Å²) in [5, 5.41) is 3.37. The van der Waals surface area contributed by atoms with Crippen LogP contribution in [-0.2, 0) is 4.74 Å². The maximum atomic E-state index is 14.0. The minimum atomic E-state index is -0.548. The average molecular weight is 395 g/mol. The van der Waals surface area contributed by atoms with Gasteiger partial charge in [0, 0.05) is 57.8 Å². The molecule has 2 unspecified atom stereocenters. The molecule has 0 spiro atoms. The van der Waals surface area contributed by atoms with Crippen LogP contribution in [0.25, 0.3) is 0 Å². The number of likely N-dealkylation sites (tertiary alicyclic amines) is 1. The lowest BCUT2D eigenvalue weighted by Crippen LogP contribution is -2.42. The van der Waals surface area contributed by atoms with Crippen molar-refractivity contribution in [2.75, 3.05) is 59.0 Å². The zero-order valence-corrected chi connectivity index (χ0v) is 17.0. The van der Waals surface area contributed by atoms with Gasteiger partial charge in [-0.1, -0.05) is 13.0 Å². The quantitative estimate of drug-likeness (QED) is 0.595. The van der Waals surface area contributed by atoms with E-state index in [1.807, 2.05) is 6.92 Å². The van der Waals surface area contributed by atoms with E-state index in [0.717, 1.165) is 70.9 Å². The van der Waals surface area contributed by atoms with Gasteiger partial charge in [-0.2, -0.15) is 0 Å². The van der Waals surface area contributed by atoms with Crippen LogP contribution in [0.3, 0.4) is 0 Å². The van der Waals surface area contributed by atoms with Gasteiger partial charge in [-0.25, -0.2) is 8.78 Å². The molecule has 2 heterocycles. The van der Waals surface area contributed by atoms with Crippen LogP contribution in [0.4, 0.5) is 8.78 Å². The topological polar surface area (TPSA) is 40.1 Å². The van der Waals surface area contributed by atoms with E-state index in [4.69, 9.17) is 9.73 Å². The zero-order chi connectivity index (χ0) is 19.9. The Balaban J connectivity index is 1.57. The van der Waals surface area contributed by atoms with Gasteiger partial charge in [0.15, 0.2) is 5.96 Å². The molecule has 1 aromatic carbocycles. The third-order valence-corrected chi connectivity index (χ3v) is 5.55. The fourth-order valence-electron chi connectivity index (χ4n) is 3.97. The van der Waals surface area contributed by atoms with E-state index in [1.165, 1.54) is 12.1 Å². The number of hydrogen-bond acceptors (Lipinski definition) is 3. The second-order valence-electron chi connectivity index (χ2n) is 7.78. The van der Waals surface area contributed by atoms with E-state index in [2.05, 4.69) is 22.0 Å². The highest BCUT2D eigenvalue weighted by atomic mass is 19.1. The van der Waals surface area contributed by atoms with Crippen molar-refractivity contribution in [3.05, 3.63) is 35.4 Å². The number of nitrogens with zero attached hydrogens (tertiary/aromatic N) is 3. The van der Waals surface area contributed by atoms with Gasteiger partial charge in [-0.05, 0) is 30.9 Å². The molecule has 0 amide bonds. The van der Waals surface area contributed by atoms with Crippen molar-refractivity contribution in [3.63, 3.8) is 0 Å². The second-order valence-corrected chi connectivity index (χ2v) is 7.78. The molecule has 0 radical (unpaired) electrons. The van der Waals surface area contributed by atoms with Gasteiger partial charge in [-0.15, -0.1) is 0 Å². The SMILES string of the molecule is CCNC(=NCC(C)c1ccc(F)cc1F)N1CCC(CN2CCOCC2)C1. The van der Waals surface area contributed by atoms with Gasteiger partial charge < -0.3 is 15.0 Å². The van der Waals surface area contributed by atoms with Crippen LogP contribution in [0, 0.1) is 17.6 Å². The van der Waals surface area contributed by atoms with E-state index >= 15 is 0 Å². The van der Waals surface area contributed by atoms with Crippen LogP contribution >= 0.6 is 0 Å². The summed E-state index contributed by atoms with van der Waals surface area (Å²) in [5.74, 6) is 0.365. The van der Waals surface area contributed by atoms with Crippen molar-refractivity contribution < 1.29 is 13.5 Å². The Hall–Kier alpha value is -1.73. The first kappa shape index (κ1) is 21.0. The minimum Gasteiger partial charge on any atom is -0.379 e. The molecule has 1 N–H and O–H groups in total. The highest BCUT2D eigenvalue weighted by Crippen LogP contribution is 2.21. The Kier molecular flexibility index (Phi) is 7.62. The number of ether oxygens (including phenoxy) is 1. The Bertz CT molecular complexity index is 664. The van der Waals surface area contributed by atoms with Gasteiger partial charge in [-0.3, -0.25) is 9.89 Å². The van der Waals surface area contributed by atoms with E-state index in [0.29, 0.717) is 18.0 Å². The third-order valence-electron chi connectivity index (χ3n) is 5.55. The smallest absolute Gasteiger partial charge is 0.193 e. The lowest BCUT2D eigenvalue weighted by atomic mass is 10.0. The van der Waals surface area contributed by atoms with Gasteiger partial charge in [0.05, 0.1) is 13.2 Å². The maximum absolute atomic E-state index is 14.0. The highest BCUT2D eigenvalue weighted by molar-refractivity contribution is 5.80. The lowest BCUT2D eigenvalue weighted by molar-refractivity contribution is 0.0315. The van der Waals surface area contributed by atoms with E-state index in [9.17, 15) is 8.78 Å². The van der Waals surface area contributed by atoms with Crippen LogP contribution in [-0.4, -0.2) is 74.8 Å². The fourth-order valence-corrected chi connectivity index (χ4v) is 3.97. The molecule has 2 saturated heterocycles. The molecule has 28 heavy (non-hydrogen) atoms. The van der Waals surface area contributed by atoms with Crippen molar-refractivity contribution in [2.45, 2.75) is 26.2 Å². The number of aliphatic imine (C=N–C) groups is 1. The number of hydrogen-bond donors (Lipinski definition) is 1. The lowest BCUT2D eigenvalue weighted by Gasteiger charge is -2.29. The van der Waals surface area contributed by atoms with Crippen LogP contribution < -0.4 is 5.32 Å². The first-order valence-corrected chi connectivity index (χ1v) is 10.3. The van der Waals surface area contributed by atoms with Crippen molar-refractivity contribution in [1.29, 1.82) is 0 Å². The first-order chi connectivity index (χ1) is 13.6. The maximum Gasteiger partial charge on any atom is 0.193 e. The minimum absolute atomic E-state index is 0.110. The molecule has 7 heteroatoms. The van der Waals surface area contributed by atoms with Crippen LogP contribution in [0.15, 0.2) is 23.2 Å². The first-order valence-electron chi connectivity index (χ1n) is 10.3. The third kappa shape index (κ3) is 5.64. The Morgan fingerprint density at radius 2 is 2.07 bits per heavy atom. The molecule has 2 fully saturated rings. The molecule has 2 aliphatic rings. The Morgan fingerprint density at radius 1 is 1.29 bits per heavy atom. The summed E-state index contributed by atoms with van der Waals surface area (Å²) in [6, 6.07) is 3.77. The predicted molar refractivity (Wildman–Crippen MR) is 108 cm³/mol. The number of nitrogens with one attached hydrogen (secondary N) is 1. The van der Waals surface area contributed by atoms with Crippen LogP contribution in [0.1, 0.15) is 31.7 Å². The molecule has 0 aromatic heterocycles. The fraction of sp³-hybridized carbons (Fsp3) is 0.667. The molecule has 2 atom stereocenters. The number of rotatable bonds is 6. The Labute approximate surface area is 166 Å². The summed E-state index contributed by atoms with van der Waals surface area (Å²) in [7, 11) is 0. The largest absolute Gasteiger partial charge is 0.379 e. The van der Waals surface area contributed by atoms with Crippen LogP contribution in [0.2, 0.25) is 0 Å². The molecular weight excluding hydrogens is 362 g/mol. The van der Waals surface area contributed by atoms with Gasteiger partial charge in [0.1, 0.15) is 11.6 Å². The molecule has 0 saturated carbocycles. The summed E-state index contributed by atoms with van der Waals surface area (Å²) < 4.78 is 32.6.